The zero-order chi connectivity index (χ0) is 20.1. The van der Waals surface area contributed by atoms with Crippen molar-refractivity contribution in [3.8, 4) is 22.8 Å². The van der Waals surface area contributed by atoms with Crippen LogP contribution in [0.25, 0.3) is 11.3 Å². The summed E-state index contributed by atoms with van der Waals surface area (Å²) < 4.78 is 28.8. The minimum Gasteiger partial charge on any atom is -0.494 e. The Labute approximate surface area is 161 Å². The number of carbonyl (C=O) groups is 1. The summed E-state index contributed by atoms with van der Waals surface area (Å²) in [4.78, 5) is 12.4. The maximum absolute atomic E-state index is 13.0. The van der Waals surface area contributed by atoms with Gasteiger partial charge >= 0.3 is 0 Å². The van der Waals surface area contributed by atoms with Crippen molar-refractivity contribution in [1.29, 1.82) is 0 Å². The van der Waals surface area contributed by atoms with Crippen molar-refractivity contribution in [3.63, 3.8) is 0 Å². The first kappa shape index (κ1) is 19.3. The molecule has 0 radical (unpaired) electrons. The lowest BCUT2D eigenvalue weighted by Gasteiger charge is -2.14. The van der Waals surface area contributed by atoms with E-state index in [-0.39, 0.29) is 11.6 Å². The Bertz CT molecular complexity index is 956. The number of aryl methyl sites for hydroxylation is 1. The van der Waals surface area contributed by atoms with E-state index < -0.39 is 12.0 Å². The van der Waals surface area contributed by atoms with Crippen LogP contribution in [-0.2, 0) is 4.79 Å². The third kappa shape index (κ3) is 4.46. The zero-order valence-corrected chi connectivity index (χ0v) is 15.7. The molecule has 7 nitrogen and oxygen atoms in total. The van der Waals surface area contributed by atoms with Crippen LogP contribution in [0.2, 0.25) is 0 Å². The van der Waals surface area contributed by atoms with Crippen LogP contribution in [0.3, 0.4) is 0 Å². The molecule has 0 saturated heterocycles. The fourth-order valence-corrected chi connectivity index (χ4v) is 2.56. The molecular formula is C20H20FN3O4. The quantitative estimate of drug-likeness (QED) is 0.662. The van der Waals surface area contributed by atoms with Crippen LogP contribution >= 0.6 is 0 Å². The predicted octanol–water partition coefficient (Wildman–Crippen LogP) is 3.99. The summed E-state index contributed by atoms with van der Waals surface area (Å²) >= 11 is 0. The molecule has 8 heteroatoms. The second-order valence-electron chi connectivity index (χ2n) is 6.08. The van der Waals surface area contributed by atoms with Gasteiger partial charge in [-0.1, -0.05) is 0 Å². The Morgan fingerprint density at radius 3 is 2.64 bits per heavy atom. The van der Waals surface area contributed by atoms with Crippen molar-refractivity contribution in [2.45, 2.75) is 26.9 Å². The van der Waals surface area contributed by atoms with Gasteiger partial charge in [0, 0.05) is 5.56 Å². The molecule has 0 aliphatic rings. The summed E-state index contributed by atoms with van der Waals surface area (Å²) in [5.74, 6) is 0.514. The normalized spacial score (nSPS) is 11.7. The molecule has 0 aliphatic carbocycles. The highest BCUT2D eigenvalue weighted by molar-refractivity contribution is 5.96. The fraction of sp³-hybridized carbons (Fsp3) is 0.250. The topological polar surface area (TPSA) is 86.5 Å². The minimum atomic E-state index is -0.836. The maximum atomic E-state index is 13.0. The average Bonchev–Trinajstić information content (AvgIpc) is 3.13. The summed E-state index contributed by atoms with van der Waals surface area (Å²) in [5.41, 5.74) is 2.05. The second kappa shape index (κ2) is 8.51. The molecule has 1 heterocycles. The number of aromatic nitrogens is 2. The van der Waals surface area contributed by atoms with E-state index in [1.165, 1.54) is 24.3 Å². The van der Waals surface area contributed by atoms with Gasteiger partial charge in [0.1, 0.15) is 17.3 Å². The van der Waals surface area contributed by atoms with Gasteiger partial charge in [0.25, 0.3) is 5.91 Å². The van der Waals surface area contributed by atoms with Gasteiger partial charge in [-0.3, -0.25) is 4.79 Å². The molecule has 2 aromatic carbocycles. The van der Waals surface area contributed by atoms with Crippen molar-refractivity contribution in [2.24, 2.45) is 0 Å². The van der Waals surface area contributed by atoms with Gasteiger partial charge in [-0.15, -0.1) is 0 Å². The van der Waals surface area contributed by atoms with E-state index in [4.69, 9.17) is 14.1 Å². The molecule has 28 heavy (non-hydrogen) atoms. The first-order valence-electron chi connectivity index (χ1n) is 8.77. The first-order valence-corrected chi connectivity index (χ1v) is 8.77. The van der Waals surface area contributed by atoms with Gasteiger partial charge in [-0.05, 0) is 79.1 Å². The number of hydrogen-bond donors (Lipinski definition) is 1. The van der Waals surface area contributed by atoms with E-state index in [1.807, 2.05) is 32.0 Å². The third-order valence-corrected chi connectivity index (χ3v) is 3.97. The first-order chi connectivity index (χ1) is 13.5. The van der Waals surface area contributed by atoms with Crippen LogP contribution in [0, 0.1) is 12.7 Å². The molecule has 0 spiro atoms. The van der Waals surface area contributed by atoms with Gasteiger partial charge in [0.05, 0.1) is 6.61 Å². The van der Waals surface area contributed by atoms with Gasteiger partial charge in [0.15, 0.2) is 11.8 Å². The van der Waals surface area contributed by atoms with Crippen molar-refractivity contribution in [2.75, 3.05) is 11.9 Å². The summed E-state index contributed by atoms with van der Waals surface area (Å²) in [6, 6.07) is 10.9. The number of nitrogens with one attached hydrogen (secondary N) is 1. The number of carbonyl (C=O) groups excluding carboxylic acids is 1. The molecule has 0 fully saturated rings. The standard InChI is InChI=1S/C20H20FN3O4/c1-4-26-17-10-5-14(11-12(17)2)18-19(24-28-23-18)22-20(25)13(3)27-16-8-6-15(21)7-9-16/h5-11,13H,4H2,1-3H3,(H,22,24,25)/t13-/m1/s1. The lowest BCUT2D eigenvalue weighted by Crippen LogP contribution is -2.30. The maximum Gasteiger partial charge on any atom is 0.266 e. The van der Waals surface area contributed by atoms with Crippen LogP contribution < -0.4 is 14.8 Å². The van der Waals surface area contributed by atoms with Gasteiger partial charge < -0.3 is 14.8 Å². The van der Waals surface area contributed by atoms with E-state index in [2.05, 4.69) is 15.6 Å². The van der Waals surface area contributed by atoms with E-state index >= 15 is 0 Å². The Kier molecular flexibility index (Phi) is 5.88. The molecular weight excluding hydrogens is 365 g/mol. The van der Waals surface area contributed by atoms with E-state index in [0.717, 1.165) is 16.9 Å². The van der Waals surface area contributed by atoms with Gasteiger partial charge in [0.2, 0.25) is 5.82 Å². The molecule has 1 aromatic heterocycles. The zero-order valence-electron chi connectivity index (χ0n) is 15.7. The molecule has 1 N–H and O–H groups in total. The van der Waals surface area contributed by atoms with Crippen molar-refractivity contribution < 1.29 is 23.3 Å². The summed E-state index contributed by atoms with van der Waals surface area (Å²) in [6.45, 7) is 5.97. The van der Waals surface area contributed by atoms with E-state index in [1.54, 1.807) is 6.92 Å². The van der Waals surface area contributed by atoms with Gasteiger partial charge in [-0.25, -0.2) is 9.02 Å². The van der Waals surface area contributed by atoms with Crippen molar-refractivity contribution >= 4 is 11.7 Å². The molecule has 3 rings (SSSR count). The van der Waals surface area contributed by atoms with Crippen LogP contribution in [0.1, 0.15) is 19.4 Å². The highest BCUT2D eigenvalue weighted by Crippen LogP contribution is 2.29. The number of halogens is 1. The molecule has 0 saturated carbocycles. The number of nitrogens with zero attached hydrogens (tertiary/aromatic N) is 2. The van der Waals surface area contributed by atoms with E-state index in [0.29, 0.717) is 18.1 Å². The third-order valence-electron chi connectivity index (χ3n) is 3.97. The average molecular weight is 385 g/mol. The highest BCUT2D eigenvalue weighted by Gasteiger charge is 2.20. The lowest BCUT2D eigenvalue weighted by atomic mass is 10.1. The molecule has 0 unspecified atom stereocenters. The molecule has 1 amide bonds. The van der Waals surface area contributed by atoms with Crippen LogP contribution in [0.4, 0.5) is 10.2 Å². The SMILES string of the molecule is CCOc1ccc(-c2nonc2NC(=O)[C@@H](C)Oc2ccc(F)cc2)cc1C. The lowest BCUT2D eigenvalue weighted by molar-refractivity contribution is -0.122. The van der Waals surface area contributed by atoms with E-state index in [9.17, 15) is 9.18 Å². The smallest absolute Gasteiger partial charge is 0.266 e. The summed E-state index contributed by atoms with van der Waals surface area (Å²) in [5, 5.41) is 10.3. The molecule has 3 aromatic rings. The number of rotatable bonds is 7. The van der Waals surface area contributed by atoms with Crippen molar-refractivity contribution in [1.82, 2.24) is 10.3 Å². The number of benzene rings is 2. The molecule has 146 valence electrons. The largest absolute Gasteiger partial charge is 0.494 e. The Balaban J connectivity index is 1.72. The second-order valence-corrected chi connectivity index (χ2v) is 6.08. The van der Waals surface area contributed by atoms with Crippen LogP contribution in [0.5, 0.6) is 11.5 Å². The monoisotopic (exact) mass is 385 g/mol. The number of anilines is 1. The van der Waals surface area contributed by atoms with Crippen LogP contribution in [0.15, 0.2) is 47.1 Å². The van der Waals surface area contributed by atoms with Crippen molar-refractivity contribution in [3.05, 3.63) is 53.8 Å². The molecule has 0 aliphatic heterocycles. The Morgan fingerprint density at radius 2 is 1.96 bits per heavy atom. The molecule has 0 bridgehead atoms. The van der Waals surface area contributed by atoms with Gasteiger partial charge in [-0.2, -0.15) is 0 Å². The molecule has 1 atom stereocenters. The Hall–Kier alpha value is -3.42. The predicted molar refractivity (Wildman–Crippen MR) is 101 cm³/mol. The number of hydrogen-bond acceptors (Lipinski definition) is 6. The minimum absolute atomic E-state index is 0.183. The fourth-order valence-electron chi connectivity index (χ4n) is 2.56. The number of amides is 1. The summed E-state index contributed by atoms with van der Waals surface area (Å²) in [7, 11) is 0. The highest BCUT2D eigenvalue weighted by atomic mass is 19.1. The Morgan fingerprint density at radius 1 is 1.21 bits per heavy atom. The number of ether oxygens (including phenoxy) is 2. The summed E-state index contributed by atoms with van der Waals surface area (Å²) in [6.07, 6.45) is -0.836. The van der Waals surface area contributed by atoms with Crippen LogP contribution in [-0.4, -0.2) is 28.9 Å².